The second kappa shape index (κ2) is 5.87. The predicted octanol–water partition coefficient (Wildman–Crippen LogP) is 3.08. The summed E-state index contributed by atoms with van der Waals surface area (Å²) in [6.07, 6.45) is 0. The molecule has 0 saturated carbocycles. The van der Waals surface area contributed by atoms with Crippen LogP contribution in [0.15, 0.2) is 66.7 Å². The minimum absolute atomic E-state index is 0.472. The molecule has 4 rings (SSSR count). The molecule has 5 nitrogen and oxygen atoms in total. The van der Waals surface area contributed by atoms with Crippen LogP contribution in [0, 0.1) is 0 Å². The molecule has 0 aliphatic carbocycles. The normalized spacial score (nSPS) is 15.5. The van der Waals surface area contributed by atoms with Crippen molar-refractivity contribution < 1.29 is 14.4 Å². The summed E-state index contributed by atoms with van der Waals surface area (Å²) in [6.45, 7) is 0. The molecule has 0 spiro atoms. The standard InChI is InChI=1S/C20H14N2O3/c23-18(17-15-7-3-4-8-16(15)22-19(17)24)20(25)21-14-10-9-12-5-1-2-6-13(12)11-14/h1-11,17H,(H,21,25)(H,22,24)/t17-/m1/s1. The average molecular weight is 330 g/mol. The molecule has 1 heterocycles. The number of hydrogen-bond acceptors (Lipinski definition) is 3. The van der Waals surface area contributed by atoms with E-state index in [0.717, 1.165) is 10.8 Å². The van der Waals surface area contributed by atoms with Gasteiger partial charge >= 0.3 is 0 Å². The molecule has 3 aromatic carbocycles. The first kappa shape index (κ1) is 15.1. The van der Waals surface area contributed by atoms with Crippen molar-refractivity contribution in [2.75, 3.05) is 10.6 Å². The van der Waals surface area contributed by atoms with Gasteiger partial charge in [-0.3, -0.25) is 14.4 Å². The monoisotopic (exact) mass is 330 g/mol. The third-order valence-electron chi connectivity index (χ3n) is 4.29. The third-order valence-corrected chi connectivity index (χ3v) is 4.29. The van der Waals surface area contributed by atoms with E-state index in [0.29, 0.717) is 16.9 Å². The van der Waals surface area contributed by atoms with E-state index in [4.69, 9.17) is 0 Å². The lowest BCUT2D eigenvalue weighted by atomic mass is 9.95. The number of rotatable bonds is 3. The van der Waals surface area contributed by atoms with Crippen molar-refractivity contribution in [3.05, 3.63) is 72.3 Å². The first-order valence-corrected chi connectivity index (χ1v) is 7.87. The Hall–Kier alpha value is -3.47. The van der Waals surface area contributed by atoms with Crippen LogP contribution in [-0.2, 0) is 14.4 Å². The maximum Gasteiger partial charge on any atom is 0.292 e. The highest BCUT2D eigenvalue weighted by Gasteiger charge is 2.39. The minimum Gasteiger partial charge on any atom is -0.325 e. The number of hydrogen-bond donors (Lipinski definition) is 2. The SMILES string of the molecule is O=C(Nc1ccc2ccccc2c1)C(=O)[C@@H]1C(=O)Nc2ccccc21. The molecule has 0 unspecified atom stereocenters. The van der Waals surface area contributed by atoms with Gasteiger partial charge in [0.2, 0.25) is 11.7 Å². The molecule has 3 aromatic rings. The molecular formula is C20H14N2O3. The number of nitrogens with one attached hydrogen (secondary N) is 2. The van der Waals surface area contributed by atoms with Crippen molar-refractivity contribution in [1.82, 2.24) is 0 Å². The smallest absolute Gasteiger partial charge is 0.292 e. The zero-order valence-electron chi connectivity index (χ0n) is 13.2. The largest absolute Gasteiger partial charge is 0.325 e. The molecule has 0 aromatic heterocycles. The van der Waals surface area contributed by atoms with Crippen LogP contribution in [0.3, 0.4) is 0 Å². The van der Waals surface area contributed by atoms with Crippen LogP contribution in [0.1, 0.15) is 11.5 Å². The summed E-state index contributed by atoms with van der Waals surface area (Å²) in [7, 11) is 0. The van der Waals surface area contributed by atoms with E-state index in [1.807, 2.05) is 30.3 Å². The summed E-state index contributed by atoms with van der Waals surface area (Å²) < 4.78 is 0. The molecule has 5 heteroatoms. The molecule has 2 amide bonds. The van der Waals surface area contributed by atoms with E-state index >= 15 is 0 Å². The van der Waals surface area contributed by atoms with Gasteiger partial charge < -0.3 is 10.6 Å². The highest BCUT2D eigenvalue weighted by molar-refractivity contribution is 6.47. The van der Waals surface area contributed by atoms with Crippen LogP contribution in [0.25, 0.3) is 10.8 Å². The van der Waals surface area contributed by atoms with Crippen LogP contribution in [0.4, 0.5) is 11.4 Å². The summed E-state index contributed by atoms with van der Waals surface area (Å²) in [5.74, 6) is -3.14. The topological polar surface area (TPSA) is 75.3 Å². The Balaban J connectivity index is 1.58. The number of carbonyl (C=O) groups is 3. The van der Waals surface area contributed by atoms with Gasteiger partial charge in [0.25, 0.3) is 5.91 Å². The van der Waals surface area contributed by atoms with Crippen LogP contribution in [-0.4, -0.2) is 17.6 Å². The van der Waals surface area contributed by atoms with Gasteiger partial charge in [0.1, 0.15) is 5.92 Å². The number of Topliss-reactive ketones (excluding diaryl/α,β-unsaturated/α-hetero) is 1. The number of amides is 2. The Labute approximate surface area is 143 Å². The molecule has 1 aliphatic heterocycles. The Morgan fingerprint density at radius 3 is 2.44 bits per heavy atom. The quantitative estimate of drug-likeness (QED) is 0.572. The number of ketones is 1. The molecule has 25 heavy (non-hydrogen) atoms. The van der Waals surface area contributed by atoms with Crippen LogP contribution < -0.4 is 10.6 Å². The fourth-order valence-electron chi connectivity index (χ4n) is 3.06. The number of carbonyl (C=O) groups excluding carboxylic acids is 3. The van der Waals surface area contributed by atoms with Gasteiger partial charge in [0, 0.05) is 11.4 Å². The maximum atomic E-state index is 12.5. The predicted molar refractivity (Wildman–Crippen MR) is 95.4 cm³/mol. The average Bonchev–Trinajstić information content (AvgIpc) is 2.96. The number of fused-ring (bicyclic) bond motifs is 2. The van der Waals surface area contributed by atoms with Gasteiger partial charge in [-0.25, -0.2) is 0 Å². The molecule has 1 aliphatic rings. The Kier molecular flexibility index (Phi) is 3.54. The Morgan fingerprint density at radius 2 is 1.60 bits per heavy atom. The van der Waals surface area contributed by atoms with E-state index in [1.54, 1.807) is 36.4 Å². The van der Waals surface area contributed by atoms with Crippen molar-refractivity contribution in [2.45, 2.75) is 5.92 Å². The van der Waals surface area contributed by atoms with Gasteiger partial charge in [-0.1, -0.05) is 48.5 Å². The fraction of sp³-hybridized carbons (Fsp3) is 0.0500. The van der Waals surface area contributed by atoms with E-state index < -0.39 is 23.5 Å². The molecule has 122 valence electrons. The third kappa shape index (κ3) is 2.65. The van der Waals surface area contributed by atoms with E-state index in [-0.39, 0.29) is 0 Å². The van der Waals surface area contributed by atoms with Crippen molar-refractivity contribution in [3.63, 3.8) is 0 Å². The van der Waals surface area contributed by atoms with E-state index in [2.05, 4.69) is 10.6 Å². The lowest BCUT2D eigenvalue weighted by molar-refractivity contribution is -0.138. The number of para-hydroxylation sites is 1. The molecule has 0 radical (unpaired) electrons. The molecule has 1 atom stereocenters. The molecular weight excluding hydrogens is 316 g/mol. The number of benzene rings is 3. The second-order valence-corrected chi connectivity index (χ2v) is 5.89. The lowest BCUT2D eigenvalue weighted by Crippen LogP contribution is -2.31. The Bertz CT molecular complexity index is 1030. The first-order chi connectivity index (χ1) is 12.1. The maximum absolute atomic E-state index is 12.5. The van der Waals surface area contributed by atoms with Crippen molar-refractivity contribution >= 4 is 39.7 Å². The zero-order chi connectivity index (χ0) is 17.4. The fourth-order valence-corrected chi connectivity index (χ4v) is 3.06. The van der Waals surface area contributed by atoms with Crippen molar-refractivity contribution in [1.29, 1.82) is 0 Å². The minimum atomic E-state index is -1.10. The molecule has 0 bridgehead atoms. The van der Waals surface area contributed by atoms with Gasteiger partial charge in [-0.2, -0.15) is 0 Å². The zero-order valence-corrected chi connectivity index (χ0v) is 13.2. The van der Waals surface area contributed by atoms with Crippen molar-refractivity contribution in [3.8, 4) is 0 Å². The summed E-state index contributed by atoms with van der Waals surface area (Å²) >= 11 is 0. The second-order valence-electron chi connectivity index (χ2n) is 5.89. The first-order valence-electron chi connectivity index (χ1n) is 7.87. The summed E-state index contributed by atoms with van der Waals surface area (Å²) in [5.41, 5.74) is 1.62. The van der Waals surface area contributed by atoms with Crippen molar-refractivity contribution in [2.24, 2.45) is 0 Å². The van der Waals surface area contributed by atoms with E-state index in [1.165, 1.54) is 0 Å². The van der Waals surface area contributed by atoms with Gasteiger partial charge in [-0.05, 0) is 34.5 Å². The van der Waals surface area contributed by atoms with Crippen LogP contribution in [0.2, 0.25) is 0 Å². The molecule has 2 N–H and O–H groups in total. The van der Waals surface area contributed by atoms with Gasteiger partial charge in [0.05, 0.1) is 0 Å². The van der Waals surface area contributed by atoms with Gasteiger partial charge in [-0.15, -0.1) is 0 Å². The van der Waals surface area contributed by atoms with E-state index in [9.17, 15) is 14.4 Å². The summed E-state index contributed by atoms with van der Waals surface area (Å²) in [4.78, 5) is 37.0. The summed E-state index contributed by atoms with van der Waals surface area (Å²) in [6, 6.07) is 20.0. The van der Waals surface area contributed by atoms with Crippen LogP contribution in [0.5, 0.6) is 0 Å². The summed E-state index contributed by atoms with van der Waals surface area (Å²) in [5, 5.41) is 7.22. The van der Waals surface area contributed by atoms with Crippen LogP contribution >= 0.6 is 0 Å². The highest BCUT2D eigenvalue weighted by Crippen LogP contribution is 2.33. The molecule has 0 fully saturated rings. The molecule has 0 saturated heterocycles. The number of anilines is 2. The highest BCUT2D eigenvalue weighted by atomic mass is 16.2. The van der Waals surface area contributed by atoms with Gasteiger partial charge in [0.15, 0.2) is 0 Å². The lowest BCUT2D eigenvalue weighted by Gasteiger charge is -2.09. The Morgan fingerprint density at radius 1 is 0.880 bits per heavy atom.